The number of nitrogens with one attached hydrogen (secondary N) is 2. The van der Waals surface area contributed by atoms with Crippen LogP contribution in [0.3, 0.4) is 0 Å². The quantitative estimate of drug-likeness (QED) is 0.495. The molecular formula is C25H26N6O. The number of carbonyl (C=O) groups is 1. The molecule has 0 aliphatic carbocycles. The standard InChI is InChI=1S/C25H26N6O/c1-17(32)31-11-8-19(9-12-31)22-13-21-20(7-10-27-25(21)30-22)23-15-26-16-24(29-23)28-14-18-5-3-2-4-6-18/h2-7,10,13,15-16,19H,8-9,11-12,14H2,1H3,(H,27,30)(H,28,29). The molecule has 0 unspecified atom stereocenters. The Morgan fingerprint density at radius 1 is 1.16 bits per heavy atom. The maximum absolute atomic E-state index is 11.6. The number of hydrogen-bond acceptors (Lipinski definition) is 5. The van der Waals surface area contributed by atoms with E-state index in [4.69, 9.17) is 4.98 Å². The van der Waals surface area contributed by atoms with E-state index >= 15 is 0 Å². The van der Waals surface area contributed by atoms with E-state index in [1.54, 1.807) is 19.3 Å². The van der Waals surface area contributed by atoms with E-state index in [1.165, 1.54) is 11.3 Å². The van der Waals surface area contributed by atoms with Crippen LogP contribution in [-0.2, 0) is 11.3 Å². The predicted molar refractivity (Wildman–Crippen MR) is 125 cm³/mol. The van der Waals surface area contributed by atoms with E-state index in [-0.39, 0.29) is 5.91 Å². The number of anilines is 1. The highest BCUT2D eigenvalue weighted by atomic mass is 16.2. The number of amides is 1. The zero-order valence-corrected chi connectivity index (χ0v) is 18.1. The molecule has 32 heavy (non-hydrogen) atoms. The van der Waals surface area contributed by atoms with Crippen LogP contribution in [0.15, 0.2) is 61.1 Å². The fraction of sp³-hybridized carbons (Fsp3) is 0.280. The second kappa shape index (κ2) is 8.78. The van der Waals surface area contributed by atoms with Crippen LogP contribution in [0.25, 0.3) is 22.3 Å². The van der Waals surface area contributed by atoms with Crippen LogP contribution < -0.4 is 5.32 Å². The Balaban J connectivity index is 1.38. The van der Waals surface area contributed by atoms with Crippen LogP contribution in [0.4, 0.5) is 5.82 Å². The Morgan fingerprint density at radius 3 is 2.75 bits per heavy atom. The molecule has 1 aliphatic rings. The molecule has 4 aromatic rings. The number of pyridine rings is 1. The Hall–Kier alpha value is -3.74. The van der Waals surface area contributed by atoms with Gasteiger partial charge in [0.1, 0.15) is 11.5 Å². The van der Waals surface area contributed by atoms with E-state index < -0.39 is 0 Å². The number of rotatable bonds is 5. The lowest BCUT2D eigenvalue weighted by atomic mass is 9.93. The average Bonchev–Trinajstić information content (AvgIpc) is 3.28. The number of piperidine rings is 1. The molecule has 7 nitrogen and oxygen atoms in total. The van der Waals surface area contributed by atoms with Crippen LogP contribution in [0.1, 0.15) is 36.9 Å². The van der Waals surface area contributed by atoms with Gasteiger partial charge in [-0.1, -0.05) is 30.3 Å². The van der Waals surface area contributed by atoms with Crippen molar-refractivity contribution >= 4 is 22.8 Å². The molecule has 4 heterocycles. The molecule has 1 fully saturated rings. The molecule has 7 heteroatoms. The third-order valence-corrected chi connectivity index (χ3v) is 6.16. The maximum Gasteiger partial charge on any atom is 0.219 e. The molecule has 1 amide bonds. The first-order chi connectivity index (χ1) is 15.7. The number of likely N-dealkylation sites (tertiary alicyclic amines) is 1. The fourth-order valence-corrected chi connectivity index (χ4v) is 4.37. The highest BCUT2D eigenvalue weighted by molar-refractivity contribution is 5.92. The Morgan fingerprint density at radius 2 is 1.97 bits per heavy atom. The summed E-state index contributed by atoms with van der Waals surface area (Å²) in [5.41, 5.74) is 5.05. The van der Waals surface area contributed by atoms with Gasteiger partial charge < -0.3 is 15.2 Å². The topological polar surface area (TPSA) is 86.8 Å². The van der Waals surface area contributed by atoms with Crippen molar-refractivity contribution in [3.05, 3.63) is 72.3 Å². The van der Waals surface area contributed by atoms with Gasteiger partial charge in [0.25, 0.3) is 0 Å². The van der Waals surface area contributed by atoms with E-state index in [9.17, 15) is 4.79 Å². The lowest BCUT2D eigenvalue weighted by Gasteiger charge is -2.30. The van der Waals surface area contributed by atoms with Crippen molar-refractivity contribution in [1.29, 1.82) is 0 Å². The average molecular weight is 427 g/mol. The Bertz CT molecular complexity index is 1230. The molecule has 2 N–H and O–H groups in total. The minimum absolute atomic E-state index is 0.156. The molecule has 0 spiro atoms. The maximum atomic E-state index is 11.6. The summed E-state index contributed by atoms with van der Waals surface area (Å²) < 4.78 is 0. The van der Waals surface area contributed by atoms with Crippen LogP contribution in [0, 0.1) is 0 Å². The molecule has 1 aliphatic heterocycles. The number of fused-ring (bicyclic) bond motifs is 1. The van der Waals surface area contributed by atoms with Gasteiger partial charge in [-0.2, -0.15) is 0 Å². The molecular weight excluding hydrogens is 400 g/mol. The van der Waals surface area contributed by atoms with E-state index in [2.05, 4.69) is 38.5 Å². The fourth-order valence-electron chi connectivity index (χ4n) is 4.37. The molecule has 0 bridgehead atoms. The molecule has 5 rings (SSSR count). The minimum atomic E-state index is 0.156. The second-order valence-electron chi connectivity index (χ2n) is 8.25. The summed E-state index contributed by atoms with van der Waals surface area (Å²) in [7, 11) is 0. The summed E-state index contributed by atoms with van der Waals surface area (Å²) in [5.74, 6) is 1.30. The van der Waals surface area contributed by atoms with E-state index in [0.717, 1.165) is 54.0 Å². The summed E-state index contributed by atoms with van der Waals surface area (Å²) in [5, 5.41) is 4.41. The number of aromatic amines is 1. The number of nitrogens with zero attached hydrogens (tertiary/aromatic N) is 4. The van der Waals surface area contributed by atoms with Crippen LogP contribution in [0.5, 0.6) is 0 Å². The SMILES string of the molecule is CC(=O)N1CCC(c2cc3c(-c4cncc(NCc5ccccc5)n4)ccnc3[nH]2)CC1. The number of benzene rings is 1. The molecule has 0 atom stereocenters. The first-order valence-corrected chi connectivity index (χ1v) is 11.0. The summed E-state index contributed by atoms with van der Waals surface area (Å²) >= 11 is 0. The summed E-state index contributed by atoms with van der Waals surface area (Å²) in [4.78, 5) is 30.8. The summed E-state index contributed by atoms with van der Waals surface area (Å²) in [6.45, 7) is 3.94. The number of hydrogen-bond donors (Lipinski definition) is 2. The van der Waals surface area contributed by atoms with Crippen molar-refractivity contribution in [3.8, 4) is 11.3 Å². The van der Waals surface area contributed by atoms with Crippen molar-refractivity contribution in [2.24, 2.45) is 0 Å². The van der Waals surface area contributed by atoms with Gasteiger partial charge in [0.15, 0.2) is 0 Å². The molecule has 0 saturated carbocycles. The Kier molecular flexibility index (Phi) is 5.54. The van der Waals surface area contributed by atoms with Gasteiger partial charge >= 0.3 is 0 Å². The Labute approximate surface area is 186 Å². The van der Waals surface area contributed by atoms with Gasteiger partial charge in [0, 0.05) is 55.3 Å². The minimum Gasteiger partial charge on any atom is -0.365 e. The van der Waals surface area contributed by atoms with Gasteiger partial charge in [-0.05, 0) is 30.5 Å². The van der Waals surface area contributed by atoms with Crippen LogP contribution in [0.2, 0.25) is 0 Å². The molecule has 162 valence electrons. The smallest absolute Gasteiger partial charge is 0.219 e. The molecule has 1 aromatic carbocycles. The van der Waals surface area contributed by atoms with Gasteiger partial charge in [0.05, 0.1) is 18.1 Å². The molecule has 1 saturated heterocycles. The highest BCUT2D eigenvalue weighted by Crippen LogP contribution is 2.33. The summed E-state index contributed by atoms with van der Waals surface area (Å²) in [6.07, 6.45) is 7.26. The number of carbonyl (C=O) groups excluding carboxylic acids is 1. The van der Waals surface area contributed by atoms with E-state index in [0.29, 0.717) is 12.5 Å². The summed E-state index contributed by atoms with van der Waals surface area (Å²) in [6, 6.07) is 14.4. The normalized spacial score (nSPS) is 14.6. The largest absolute Gasteiger partial charge is 0.365 e. The van der Waals surface area contributed by atoms with Crippen molar-refractivity contribution in [3.63, 3.8) is 0 Å². The van der Waals surface area contributed by atoms with Crippen molar-refractivity contribution in [2.45, 2.75) is 32.2 Å². The second-order valence-corrected chi connectivity index (χ2v) is 8.25. The number of aromatic nitrogens is 4. The van der Waals surface area contributed by atoms with Crippen LogP contribution in [-0.4, -0.2) is 43.8 Å². The third-order valence-electron chi connectivity index (χ3n) is 6.16. The number of H-pyrrole nitrogens is 1. The molecule has 0 radical (unpaired) electrons. The third kappa shape index (κ3) is 4.19. The van der Waals surface area contributed by atoms with Crippen LogP contribution >= 0.6 is 0 Å². The molecule has 3 aromatic heterocycles. The first-order valence-electron chi connectivity index (χ1n) is 11.0. The lowest BCUT2D eigenvalue weighted by Crippen LogP contribution is -2.36. The highest BCUT2D eigenvalue weighted by Gasteiger charge is 2.24. The van der Waals surface area contributed by atoms with Crippen molar-refractivity contribution < 1.29 is 4.79 Å². The van der Waals surface area contributed by atoms with Gasteiger partial charge in [-0.25, -0.2) is 9.97 Å². The van der Waals surface area contributed by atoms with Gasteiger partial charge in [-0.3, -0.25) is 9.78 Å². The first kappa shape index (κ1) is 20.2. The van der Waals surface area contributed by atoms with Gasteiger partial charge in [0.2, 0.25) is 5.91 Å². The zero-order valence-electron chi connectivity index (χ0n) is 18.1. The monoisotopic (exact) mass is 426 g/mol. The lowest BCUT2D eigenvalue weighted by molar-refractivity contribution is -0.129. The van der Waals surface area contributed by atoms with Crippen molar-refractivity contribution in [2.75, 3.05) is 18.4 Å². The van der Waals surface area contributed by atoms with Crippen molar-refractivity contribution in [1.82, 2.24) is 24.8 Å². The van der Waals surface area contributed by atoms with Gasteiger partial charge in [-0.15, -0.1) is 0 Å². The predicted octanol–water partition coefficient (Wildman–Crippen LogP) is 4.36. The van der Waals surface area contributed by atoms with E-state index in [1.807, 2.05) is 35.4 Å². The zero-order chi connectivity index (χ0) is 21.9.